The van der Waals surface area contributed by atoms with Crippen LogP contribution in [0.4, 0.5) is 0 Å². The number of piperidine rings is 1. The Balaban J connectivity index is 1.53. The van der Waals surface area contributed by atoms with Crippen molar-refractivity contribution in [2.24, 2.45) is 10.9 Å². The summed E-state index contributed by atoms with van der Waals surface area (Å²) in [5.41, 5.74) is 1.88. The molecule has 1 amide bonds. The average Bonchev–Trinajstić information content (AvgIpc) is 3.10. The quantitative estimate of drug-likeness (QED) is 0.525. The molecule has 0 radical (unpaired) electrons. The number of hydrogen-bond acceptors (Lipinski definition) is 4. The van der Waals surface area contributed by atoms with Gasteiger partial charge in [0.25, 0.3) is 5.91 Å². The number of amides is 1. The van der Waals surface area contributed by atoms with E-state index >= 15 is 0 Å². The van der Waals surface area contributed by atoms with Crippen LogP contribution in [0, 0.1) is 25.2 Å². The summed E-state index contributed by atoms with van der Waals surface area (Å²) in [6.45, 7) is 2.78. The van der Waals surface area contributed by atoms with E-state index in [2.05, 4.69) is 10.9 Å². The number of sulfonamides is 1. The number of fused-ring (bicyclic) bond motifs is 1. The van der Waals surface area contributed by atoms with Crippen LogP contribution in [0.5, 0.6) is 0 Å². The molecule has 0 saturated carbocycles. The van der Waals surface area contributed by atoms with E-state index in [1.54, 1.807) is 30.3 Å². The summed E-state index contributed by atoms with van der Waals surface area (Å²) in [6, 6.07) is 12.3. The lowest BCUT2D eigenvalue weighted by molar-refractivity contribution is -0.122. The van der Waals surface area contributed by atoms with Gasteiger partial charge in [0, 0.05) is 24.0 Å². The molecule has 0 N–H and O–H groups in total. The number of halogens is 1. The lowest BCUT2D eigenvalue weighted by atomic mass is 9.98. The van der Waals surface area contributed by atoms with Crippen molar-refractivity contribution in [3.05, 3.63) is 57.9 Å². The van der Waals surface area contributed by atoms with Crippen molar-refractivity contribution >= 4 is 49.1 Å². The molecule has 1 aliphatic heterocycles. The molecule has 1 aliphatic rings. The molecule has 6 nitrogen and oxygen atoms in total. The zero-order valence-corrected chi connectivity index (χ0v) is 19.9. The van der Waals surface area contributed by atoms with Crippen LogP contribution < -0.4 is 4.80 Å². The fourth-order valence-electron chi connectivity index (χ4n) is 3.76. The largest absolute Gasteiger partial charge is 0.305 e. The molecule has 166 valence electrons. The first-order chi connectivity index (χ1) is 15.3. The number of thiazole rings is 1. The zero-order valence-electron chi connectivity index (χ0n) is 17.5. The van der Waals surface area contributed by atoms with E-state index in [0.29, 0.717) is 29.2 Å². The highest BCUT2D eigenvalue weighted by molar-refractivity contribution is 7.89. The third-order valence-electron chi connectivity index (χ3n) is 5.56. The van der Waals surface area contributed by atoms with Crippen molar-refractivity contribution in [3.8, 4) is 12.3 Å². The minimum atomic E-state index is -3.57. The van der Waals surface area contributed by atoms with E-state index in [1.165, 1.54) is 15.6 Å². The molecule has 9 heteroatoms. The molecule has 1 saturated heterocycles. The number of terminal acetylenes is 1. The van der Waals surface area contributed by atoms with E-state index < -0.39 is 10.0 Å². The number of aryl methyl sites for hydroxylation is 1. The number of carbonyl (C=O) groups excluding carboxylic acids is 1. The molecule has 0 spiro atoms. The van der Waals surface area contributed by atoms with Crippen molar-refractivity contribution in [2.75, 3.05) is 13.1 Å². The molecular weight excluding hydrogens is 466 g/mol. The summed E-state index contributed by atoms with van der Waals surface area (Å²) in [4.78, 5) is 18.1. The zero-order chi connectivity index (χ0) is 22.9. The molecule has 2 aromatic carbocycles. The fraction of sp³-hybridized carbons (Fsp3) is 0.304. The Labute approximate surface area is 196 Å². The Bertz CT molecular complexity index is 1370. The van der Waals surface area contributed by atoms with Gasteiger partial charge >= 0.3 is 0 Å². The number of carbonyl (C=O) groups is 1. The van der Waals surface area contributed by atoms with Gasteiger partial charge in [0.2, 0.25) is 10.0 Å². The highest BCUT2D eigenvalue weighted by Gasteiger charge is 2.32. The van der Waals surface area contributed by atoms with Crippen molar-refractivity contribution in [1.82, 2.24) is 8.87 Å². The smallest absolute Gasteiger partial charge is 0.251 e. The van der Waals surface area contributed by atoms with Crippen molar-refractivity contribution < 1.29 is 13.2 Å². The molecule has 0 atom stereocenters. The molecule has 4 rings (SSSR count). The van der Waals surface area contributed by atoms with E-state index in [1.807, 2.05) is 23.6 Å². The highest BCUT2D eigenvalue weighted by Crippen LogP contribution is 2.26. The molecule has 0 bridgehead atoms. The van der Waals surface area contributed by atoms with Gasteiger partial charge in [0.05, 0.1) is 21.7 Å². The number of nitrogens with zero attached hydrogens (tertiary/aromatic N) is 3. The van der Waals surface area contributed by atoms with Crippen molar-refractivity contribution in [2.45, 2.75) is 31.2 Å². The molecule has 0 aliphatic carbocycles. The van der Waals surface area contributed by atoms with E-state index in [9.17, 15) is 13.2 Å². The lowest BCUT2D eigenvalue weighted by Gasteiger charge is -2.29. The van der Waals surface area contributed by atoms with Crippen molar-refractivity contribution in [1.29, 1.82) is 0 Å². The molecular formula is C23H22ClN3O3S2. The molecule has 2 heterocycles. The summed E-state index contributed by atoms with van der Waals surface area (Å²) in [5, 5.41) is 0.603. The normalized spacial score (nSPS) is 16.3. The third kappa shape index (κ3) is 4.52. The molecule has 32 heavy (non-hydrogen) atoms. The lowest BCUT2D eigenvalue weighted by Crippen LogP contribution is -2.40. The van der Waals surface area contributed by atoms with Gasteiger partial charge in [-0.1, -0.05) is 46.6 Å². The average molecular weight is 488 g/mol. The van der Waals surface area contributed by atoms with Crippen LogP contribution in [0.15, 0.2) is 52.4 Å². The highest BCUT2D eigenvalue weighted by atomic mass is 35.5. The van der Waals surface area contributed by atoms with Gasteiger partial charge < -0.3 is 4.57 Å². The van der Waals surface area contributed by atoms with Gasteiger partial charge in [0.1, 0.15) is 0 Å². The Morgan fingerprint density at radius 3 is 2.56 bits per heavy atom. The van der Waals surface area contributed by atoms with Gasteiger partial charge in [-0.2, -0.15) is 9.30 Å². The Hall–Kier alpha value is -2.44. The predicted molar refractivity (Wildman–Crippen MR) is 127 cm³/mol. The minimum Gasteiger partial charge on any atom is -0.305 e. The Morgan fingerprint density at radius 1 is 1.22 bits per heavy atom. The maximum atomic E-state index is 12.9. The first-order valence-electron chi connectivity index (χ1n) is 10.2. The summed E-state index contributed by atoms with van der Waals surface area (Å²) < 4.78 is 30.0. The maximum Gasteiger partial charge on any atom is 0.251 e. The van der Waals surface area contributed by atoms with E-state index in [-0.39, 0.29) is 29.8 Å². The summed E-state index contributed by atoms with van der Waals surface area (Å²) in [7, 11) is -3.57. The SMILES string of the molecule is C#CCn1c(=NC(=O)C2CCN(S(=O)(=O)c3ccc(C)cc3)CC2)sc2cc(Cl)ccc21. The number of rotatable bonds is 4. The van der Waals surface area contributed by atoms with Gasteiger partial charge in [0.15, 0.2) is 4.80 Å². The van der Waals surface area contributed by atoms with Gasteiger partial charge in [-0.05, 0) is 50.1 Å². The molecule has 1 fully saturated rings. The monoisotopic (exact) mass is 487 g/mol. The summed E-state index contributed by atoms with van der Waals surface area (Å²) >= 11 is 7.46. The van der Waals surface area contributed by atoms with Crippen LogP contribution in [0.2, 0.25) is 5.02 Å². The fourth-order valence-corrected chi connectivity index (χ4v) is 6.55. The minimum absolute atomic E-state index is 0.249. The van der Waals surface area contributed by atoms with Crippen LogP contribution in [0.3, 0.4) is 0 Å². The standard InChI is InChI=1S/C23H22ClN3O3S2/c1-3-12-27-20-9-6-18(24)15-21(20)31-23(27)25-22(28)17-10-13-26(14-11-17)32(29,30)19-7-4-16(2)5-8-19/h1,4-9,15,17H,10-14H2,2H3. The van der Waals surface area contributed by atoms with Crippen LogP contribution in [0.1, 0.15) is 18.4 Å². The van der Waals surface area contributed by atoms with Crippen LogP contribution in [-0.2, 0) is 21.4 Å². The Kier molecular flexibility index (Phi) is 6.54. The summed E-state index contributed by atoms with van der Waals surface area (Å²) in [5.74, 6) is 2.03. The second-order valence-electron chi connectivity index (χ2n) is 7.73. The number of hydrogen-bond donors (Lipinski definition) is 0. The van der Waals surface area contributed by atoms with E-state index in [4.69, 9.17) is 18.0 Å². The first kappa shape index (κ1) is 22.7. The van der Waals surface area contributed by atoms with Crippen LogP contribution in [-0.4, -0.2) is 36.3 Å². The number of aromatic nitrogens is 1. The van der Waals surface area contributed by atoms with Crippen LogP contribution in [0.25, 0.3) is 10.2 Å². The van der Waals surface area contributed by atoms with Gasteiger partial charge in [-0.3, -0.25) is 4.79 Å². The topological polar surface area (TPSA) is 71.7 Å². The first-order valence-corrected chi connectivity index (χ1v) is 12.8. The molecule has 3 aromatic rings. The predicted octanol–water partition coefficient (Wildman–Crippen LogP) is 3.83. The van der Waals surface area contributed by atoms with Crippen molar-refractivity contribution in [3.63, 3.8) is 0 Å². The summed E-state index contributed by atoms with van der Waals surface area (Å²) in [6.07, 6.45) is 6.37. The van der Waals surface area contributed by atoms with Crippen LogP contribution >= 0.6 is 22.9 Å². The third-order valence-corrected chi connectivity index (χ3v) is 8.75. The van der Waals surface area contributed by atoms with Gasteiger partial charge in [-0.25, -0.2) is 8.42 Å². The molecule has 0 unspecified atom stereocenters. The number of benzene rings is 2. The maximum absolute atomic E-state index is 12.9. The second-order valence-corrected chi connectivity index (χ2v) is 11.1. The second kappa shape index (κ2) is 9.20. The van der Waals surface area contributed by atoms with E-state index in [0.717, 1.165) is 15.8 Å². The molecule has 1 aromatic heterocycles. The Morgan fingerprint density at radius 2 is 1.91 bits per heavy atom. The van der Waals surface area contributed by atoms with Gasteiger partial charge in [-0.15, -0.1) is 6.42 Å².